The van der Waals surface area contributed by atoms with Crippen LogP contribution in [0.15, 0.2) is 6.20 Å². The molecular weight excluding hydrogens is 180 g/mol. The van der Waals surface area contributed by atoms with Gasteiger partial charge in [0.2, 0.25) is 0 Å². The first-order chi connectivity index (χ1) is 6.52. The molecule has 14 heavy (non-hydrogen) atoms. The van der Waals surface area contributed by atoms with Gasteiger partial charge >= 0.3 is 5.97 Å². The SMILES string of the molecule is Cc1cnc(CCC(=O)O)n1C(C)C. The third kappa shape index (κ3) is 2.34. The lowest BCUT2D eigenvalue weighted by atomic mass is 10.2. The van der Waals surface area contributed by atoms with Gasteiger partial charge in [0.15, 0.2) is 0 Å². The maximum absolute atomic E-state index is 10.4. The zero-order valence-electron chi connectivity index (χ0n) is 8.82. The van der Waals surface area contributed by atoms with Crippen LogP contribution in [-0.4, -0.2) is 20.6 Å². The van der Waals surface area contributed by atoms with Gasteiger partial charge in [-0.25, -0.2) is 4.98 Å². The zero-order valence-corrected chi connectivity index (χ0v) is 8.82. The summed E-state index contributed by atoms with van der Waals surface area (Å²) in [5.41, 5.74) is 1.08. The number of nitrogens with zero attached hydrogens (tertiary/aromatic N) is 2. The summed E-state index contributed by atoms with van der Waals surface area (Å²) < 4.78 is 2.07. The van der Waals surface area contributed by atoms with Crippen molar-refractivity contribution in [2.75, 3.05) is 0 Å². The molecule has 1 aromatic rings. The minimum Gasteiger partial charge on any atom is -0.481 e. The molecule has 1 rings (SSSR count). The molecular formula is C10H16N2O2. The molecule has 0 aliphatic carbocycles. The Labute approximate surface area is 83.6 Å². The molecule has 1 N–H and O–H groups in total. The Hall–Kier alpha value is -1.32. The quantitative estimate of drug-likeness (QED) is 0.798. The Kier molecular flexibility index (Phi) is 3.28. The highest BCUT2D eigenvalue weighted by molar-refractivity contribution is 5.66. The van der Waals surface area contributed by atoms with E-state index in [9.17, 15) is 4.79 Å². The standard InChI is InChI=1S/C10H16N2O2/c1-7(2)12-8(3)6-11-9(12)4-5-10(13)14/h6-7H,4-5H2,1-3H3,(H,13,14). The topological polar surface area (TPSA) is 55.1 Å². The molecule has 0 radical (unpaired) electrons. The Balaban J connectivity index is 2.81. The van der Waals surface area contributed by atoms with E-state index in [0.29, 0.717) is 12.5 Å². The number of carboxylic acid groups (broad SMARTS) is 1. The summed E-state index contributed by atoms with van der Waals surface area (Å²) in [4.78, 5) is 14.6. The fraction of sp³-hybridized carbons (Fsp3) is 0.600. The van der Waals surface area contributed by atoms with Crippen molar-refractivity contribution < 1.29 is 9.90 Å². The van der Waals surface area contributed by atoms with E-state index in [2.05, 4.69) is 23.4 Å². The van der Waals surface area contributed by atoms with Gasteiger partial charge in [-0.1, -0.05) is 0 Å². The summed E-state index contributed by atoms with van der Waals surface area (Å²) >= 11 is 0. The molecule has 0 aromatic carbocycles. The van der Waals surface area contributed by atoms with E-state index in [0.717, 1.165) is 11.5 Å². The Morgan fingerprint density at radius 1 is 1.64 bits per heavy atom. The highest BCUT2D eigenvalue weighted by atomic mass is 16.4. The average molecular weight is 196 g/mol. The Morgan fingerprint density at radius 3 is 2.79 bits per heavy atom. The number of imidazole rings is 1. The largest absolute Gasteiger partial charge is 0.481 e. The van der Waals surface area contributed by atoms with Gasteiger partial charge in [-0.3, -0.25) is 4.79 Å². The van der Waals surface area contributed by atoms with Crippen LogP contribution in [0.2, 0.25) is 0 Å². The van der Waals surface area contributed by atoms with Crippen LogP contribution in [0.1, 0.15) is 37.8 Å². The highest BCUT2D eigenvalue weighted by Crippen LogP contribution is 2.13. The second-order valence-corrected chi connectivity index (χ2v) is 3.67. The van der Waals surface area contributed by atoms with Crippen molar-refractivity contribution >= 4 is 5.97 Å². The molecule has 0 saturated heterocycles. The van der Waals surface area contributed by atoms with Crippen molar-refractivity contribution in [1.29, 1.82) is 0 Å². The minimum atomic E-state index is -0.777. The number of hydrogen-bond acceptors (Lipinski definition) is 2. The lowest BCUT2D eigenvalue weighted by molar-refractivity contribution is -0.137. The Bertz CT molecular complexity index is 329. The van der Waals surface area contributed by atoms with E-state index >= 15 is 0 Å². The fourth-order valence-electron chi connectivity index (χ4n) is 1.60. The predicted octanol–water partition coefficient (Wildman–Crippen LogP) is 1.79. The summed E-state index contributed by atoms with van der Waals surface area (Å²) in [5.74, 6) is 0.0841. The summed E-state index contributed by atoms with van der Waals surface area (Å²) in [6, 6.07) is 0.335. The third-order valence-electron chi connectivity index (χ3n) is 2.14. The van der Waals surface area contributed by atoms with Crippen LogP contribution in [0.25, 0.3) is 0 Å². The van der Waals surface area contributed by atoms with Gasteiger partial charge < -0.3 is 9.67 Å². The molecule has 0 atom stereocenters. The van der Waals surface area contributed by atoms with Crippen LogP contribution in [0.4, 0.5) is 0 Å². The molecule has 4 heteroatoms. The monoisotopic (exact) mass is 196 g/mol. The maximum Gasteiger partial charge on any atom is 0.303 e. The van der Waals surface area contributed by atoms with Gasteiger partial charge in [0.05, 0.1) is 6.42 Å². The zero-order chi connectivity index (χ0) is 10.7. The molecule has 0 aliphatic heterocycles. The normalized spacial score (nSPS) is 10.9. The molecule has 0 amide bonds. The van der Waals surface area contributed by atoms with E-state index in [4.69, 9.17) is 5.11 Å². The van der Waals surface area contributed by atoms with Gasteiger partial charge in [0.25, 0.3) is 0 Å². The first kappa shape index (κ1) is 10.8. The lowest BCUT2D eigenvalue weighted by Crippen LogP contribution is -2.09. The molecule has 0 saturated carbocycles. The van der Waals surface area contributed by atoms with Crippen LogP contribution in [-0.2, 0) is 11.2 Å². The summed E-state index contributed by atoms with van der Waals surface area (Å²) in [6.07, 6.45) is 2.43. The van der Waals surface area contributed by atoms with Crippen molar-refractivity contribution in [2.45, 2.75) is 39.7 Å². The van der Waals surface area contributed by atoms with Gasteiger partial charge in [0.1, 0.15) is 5.82 Å². The first-order valence-electron chi connectivity index (χ1n) is 4.77. The van der Waals surface area contributed by atoms with Crippen molar-refractivity contribution in [3.8, 4) is 0 Å². The summed E-state index contributed by atoms with van der Waals surface area (Å²) in [5, 5.41) is 8.57. The smallest absolute Gasteiger partial charge is 0.303 e. The maximum atomic E-state index is 10.4. The minimum absolute atomic E-state index is 0.142. The van der Waals surface area contributed by atoms with E-state index in [1.807, 2.05) is 6.92 Å². The molecule has 1 aromatic heterocycles. The molecule has 0 bridgehead atoms. The van der Waals surface area contributed by atoms with Crippen molar-refractivity contribution in [2.24, 2.45) is 0 Å². The van der Waals surface area contributed by atoms with Crippen LogP contribution >= 0.6 is 0 Å². The number of hydrogen-bond donors (Lipinski definition) is 1. The summed E-state index contributed by atoms with van der Waals surface area (Å²) in [7, 11) is 0. The van der Waals surface area contributed by atoms with Gasteiger partial charge in [-0.15, -0.1) is 0 Å². The number of aryl methyl sites for hydroxylation is 2. The van der Waals surface area contributed by atoms with E-state index in [1.54, 1.807) is 6.20 Å². The number of aromatic nitrogens is 2. The van der Waals surface area contributed by atoms with E-state index in [1.165, 1.54) is 0 Å². The van der Waals surface area contributed by atoms with Gasteiger partial charge in [0, 0.05) is 24.4 Å². The third-order valence-corrected chi connectivity index (χ3v) is 2.14. The number of rotatable bonds is 4. The molecule has 0 spiro atoms. The Morgan fingerprint density at radius 2 is 2.29 bits per heavy atom. The molecule has 1 heterocycles. The highest BCUT2D eigenvalue weighted by Gasteiger charge is 2.10. The molecule has 0 aliphatic rings. The van der Waals surface area contributed by atoms with Crippen LogP contribution < -0.4 is 0 Å². The number of carboxylic acids is 1. The van der Waals surface area contributed by atoms with Gasteiger partial charge in [-0.05, 0) is 20.8 Å². The van der Waals surface area contributed by atoms with Crippen LogP contribution in [0, 0.1) is 6.92 Å². The molecule has 4 nitrogen and oxygen atoms in total. The van der Waals surface area contributed by atoms with E-state index < -0.39 is 5.97 Å². The molecule has 0 unspecified atom stereocenters. The average Bonchev–Trinajstić information content (AvgIpc) is 2.43. The van der Waals surface area contributed by atoms with Crippen molar-refractivity contribution in [3.63, 3.8) is 0 Å². The van der Waals surface area contributed by atoms with Crippen molar-refractivity contribution in [1.82, 2.24) is 9.55 Å². The van der Waals surface area contributed by atoms with E-state index in [-0.39, 0.29) is 6.42 Å². The lowest BCUT2D eigenvalue weighted by Gasteiger charge is -2.13. The van der Waals surface area contributed by atoms with Crippen LogP contribution in [0.3, 0.4) is 0 Å². The first-order valence-corrected chi connectivity index (χ1v) is 4.77. The number of carbonyl (C=O) groups is 1. The second kappa shape index (κ2) is 4.26. The molecule has 78 valence electrons. The fourth-order valence-corrected chi connectivity index (χ4v) is 1.60. The van der Waals surface area contributed by atoms with Gasteiger partial charge in [-0.2, -0.15) is 0 Å². The number of aliphatic carboxylic acids is 1. The predicted molar refractivity (Wildman–Crippen MR) is 53.3 cm³/mol. The van der Waals surface area contributed by atoms with Crippen molar-refractivity contribution in [3.05, 3.63) is 17.7 Å². The molecule has 0 fully saturated rings. The van der Waals surface area contributed by atoms with Crippen LogP contribution in [0.5, 0.6) is 0 Å². The summed E-state index contributed by atoms with van der Waals surface area (Å²) in [6.45, 7) is 6.12. The second-order valence-electron chi connectivity index (χ2n) is 3.67.